The van der Waals surface area contributed by atoms with Crippen LogP contribution in [-0.2, 0) is 9.53 Å². The molecule has 0 aliphatic rings. The lowest BCUT2D eigenvalue weighted by atomic mass is 10.3. The summed E-state index contributed by atoms with van der Waals surface area (Å²) in [5.41, 5.74) is 0. The van der Waals surface area contributed by atoms with E-state index in [9.17, 15) is 9.59 Å². The molecule has 0 aliphatic carbocycles. The first-order chi connectivity index (χ1) is 7.65. The third kappa shape index (κ3) is 3.38. The van der Waals surface area contributed by atoms with Crippen molar-refractivity contribution in [1.29, 1.82) is 0 Å². The first-order valence-corrected chi connectivity index (χ1v) is 4.95. The molecule has 88 valence electrons. The third-order valence-corrected chi connectivity index (χ3v) is 2.15. The highest BCUT2D eigenvalue weighted by Gasteiger charge is 2.10. The van der Waals surface area contributed by atoms with Crippen molar-refractivity contribution in [2.24, 2.45) is 0 Å². The van der Waals surface area contributed by atoms with Crippen LogP contribution in [0.25, 0.3) is 0 Å². The SMILES string of the molecule is COC(=O)CCCN(C)C(=O)n1ccnc1. The summed E-state index contributed by atoms with van der Waals surface area (Å²) in [6.45, 7) is 0.506. The smallest absolute Gasteiger partial charge is 0.329 e. The van der Waals surface area contributed by atoms with Gasteiger partial charge in [-0.1, -0.05) is 0 Å². The zero-order chi connectivity index (χ0) is 12.0. The molecule has 0 bridgehead atoms. The number of hydrogen-bond donors (Lipinski definition) is 0. The molecule has 1 aromatic heterocycles. The number of carbonyl (C=O) groups is 2. The van der Waals surface area contributed by atoms with Crippen LogP contribution in [0, 0.1) is 0 Å². The van der Waals surface area contributed by atoms with Crippen LogP contribution in [0.4, 0.5) is 4.79 Å². The van der Waals surface area contributed by atoms with Gasteiger partial charge in [0, 0.05) is 32.4 Å². The lowest BCUT2D eigenvalue weighted by Crippen LogP contribution is -2.31. The number of ether oxygens (including phenoxy) is 1. The van der Waals surface area contributed by atoms with Crippen LogP contribution >= 0.6 is 0 Å². The van der Waals surface area contributed by atoms with E-state index < -0.39 is 0 Å². The van der Waals surface area contributed by atoms with Crippen molar-refractivity contribution in [3.8, 4) is 0 Å². The molecule has 0 unspecified atom stereocenters. The predicted octanol–water partition coefficient (Wildman–Crippen LogP) is 0.736. The van der Waals surface area contributed by atoms with Gasteiger partial charge in [0.2, 0.25) is 0 Å². The summed E-state index contributed by atoms with van der Waals surface area (Å²) in [6.07, 6.45) is 5.47. The minimum Gasteiger partial charge on any atom is -0.469 e. The maximum Gasteiger partial charge on any atom is 0.329 e. The van der Waals surface area contributed by atoms with E-state index in [-0.39, 0.29) is 12.0 Å². The Kier molecular flexibility index (Phi) is 4.50. The average Bonchev–Trinajstić information content (AvgIpc) is 2.81. The second-order valence-corrected chi connectivity index (χ2v) is 3.35. The predicted molar refractivity (Wildman–Crippen MR) is 56.9 cm³/mol. The number of rotatable bonds is 4. The Morgan fingerprint density at radius 1 is 1.50 bits per heavy atom. The normalized spacial score (nSPS) is 9.88. The van der Waals surface area contributed by atoms with Gasteiger partial charge in [-0.25, -0.2) is 9.78 Å². The summed E-state index contributed by atoms with van der Waals surface area (Å²) < 4.78 is 5.89. The van der Waals surface area contributed by atoms with Crippen molar-refractivity contribution >= 4 is 12.0 Å². The Balaban J connectivity index is 2.33. The Bertz CT molecular complexity index is 348. The number of hydrogen-bond acceptors (Lipinski definition) is 4. The van der Waals surface area contributed by atoms with Crippen LogP contribution in [0.5, 0.6) is 0 Å². The minimum atomic E-state index is -0.261. The number of imidazole rings is 1. The van der Waals surface area contributed by atoms with Gasteiger partial charge in [-0.2, -0.15) is 0 Å². The van der Waals surface area contributed by atoms with E-state index in [0.717, 1.165) is 0 Å². The van der Waals surface area contributed by atoms with Gasteiger partial charge in [0.1, 0.15) is 6.33 Å². The summed E-state index contributed by atoms with van der Waals surface area (Å²) in [6, 6.07) is -0.164. The molecule has 0 atom stereocenters. The fourth-order valence-electron chi connectivity index (χ4n) is 1.23. The fraction of sp³-hybridized carbons (Fsp3) is 0.500. The van der Waals surface area contributed by atoms with Gasteiger partial charge in [-0.05, 0) is 6.42 Å². The van der Waals surface area contributed by atoms with Crippen molar-refractivity contribution in [1.82, 2.24) is 14.5 Å². The standard InChI is InChI=1S/C10H15N3O3/c1-12(6-3-4-9(14)16-2)10(15)13-7-5-11-8-13/h5,7-8H,3-4,6H2,1-2H3. The molecular formula is C10H15N3O3. The van der Waals surface area contributed by atoms with E-state index in [1.54, 1.807) is 19.4 Å². The molecule has 0 saturated carbocycles. The highest BCUT2D eigenvalue weighted by atomic mass is 16.5. The second-order valence-electron chi connectivity index (χ2n) is 3.35. The monoisotopic (exact) mass is 225 g/mol. The molecule has 0 fully saturated rings. The number of esters is 1. The van der Waals surface area contributed by atoms with Gasteiger partial charge in [0.15, 0.2) is 0 Å². The molecule has 0 spiro atoms. The molecule has 6 heteroatoms. The van der Waals surface area contributed by atoms with Crippen molar-refractivity contribution < 1.29 is 14.3 Å². The van der Waals surface area contributed by atoms with Gasteiger partial charge in [0.25, 0.3) is 0 Å². The zero-order valence-corrected chi connectivity index (χ0v) is 9.42. The molecule has 1 amide bonds. The van der Waals surface area contributed by atoms with Gasteiger partial charge in [-0.15, -0.1) is 0 Å². The second kappa shape index (κ2) is 5.89. The van der Waals surface area contributed by atoms with E-state index >= 15 is 0 Å². The van der Waals surface area contributed by atoms with Crippen LogP contribution in [-0.4, -0.2) is 47.2 Å². The maximum absolute atomic E-state index is 11.7. The number of methoxy groups -OCH3 is 1. The Morgan fingerprint density at radius 2 is 2.25 bits per heavy atom. The van der Waals surface area contributed by atoms with E-state index in [2.05, 4.69) is 9.72 Å². The largest absolute Gasteiger partial charge is 0.469 e. The van der Waals surface area contributed by atoms with E-state index in [4.69, 9.17) is 0 Å². The van der Waals surface area contributed by atoms with Crippen molar-refractivity contribution in [3.05, 3.63) is 18.7 Å². The zero-order valence-electron chi connectivity index (χ0n) is 9.42. The summed E-state index contributed by atoms with van der Waals surface area (Å²) in [7, 11) is 3.03. The summed E-state index contributed by atoms with van der Waals surface area (Å²) in [5, 5.41) is 0. The third-order valence-electron chi connectivity index (χ3n) is 2.15. The van der Waals surface area contributed by atoms with Gasteiger partial charge >= 0.3 is 12.0 Å². The topological polar surface area (TPSA) is 64.4 Å². The number of aromatic nitrogens is 2. The van der Waals surface area contributed by atoms with Gasteiger partial charge < -0.3 is 9.64 Å². The number of carbonyl (C=O) groups excluding carboxylic acids is 2. The number of nitrogens with zero attached hydrogens (tertiary/aromatic N) is 3. The molecule has 0 aromatic carbocycles. The Hall–Kier alpha value is -1.85. The minimum absolute atomic E-state index is 0.164. The average molecular weight is 225 g/mol. The molecule has 0 N–H and O–H groups in total. The van der Waals surface area contributed by atoms with Crippen LogP contribution in [0.3, 0.4) is 0 Å². The maximum atomic E-state index is 11.7. The summed E-state index contributed by atoms with van der Waals surface area (Å²) in [5.74, 6) is -0.261. The number of amides is 1. The van der Waals surface area contributed by atoms with Crippen molar-refractivity contribution in [2.45, 2.75) is 12.8 Å². The van der Waals surface area contributed by atoms with E-state index in [1.807, 2.05) is 0 Å². The molecule has 1 rings (SSSR count). The molecule has 6 nitrogen and oxygen atoms in total. The highest BCUT2D eigenvalue weighted by molar-refractivity contribution is 5.76. The molecule has 0 aliphatic heterocycles. The summed E-state index contributed by atoms with van der Waals surface area (Å²) >= 11 is 0. The van der Waals surface area contributed by atoms with Crippen LogP contribution in [0.2, 0.25) is 0 Å². The molecular weight excluding hydrogens is 210 g/mol. The molecule has 1 heterocycles. The molecule has 16 heavy (non-hydrogen) atoms. The van der Waals surface area contributed by atoms with E-state index in [0.29, 0.717) is 19.4 Å². The van der Waals surface area contributed by atoms with Crippen LogP contribution in [0.15, 0.2) is 18.7 Å². The van der Waals surface area contributed by atoms with Crippen molar-refractivity contribution in [2.75, 3.05) is 20.7 Å². The first kappa shape index (κ1) is 12.2. The van der Waals surface area contributed by atoms with E-state index in [1.165, 1.54) is 22.9 Å². The molecule has 1 aromatic rings. The first-order valence-electron chi connectivity index (χ1n) is 4.95. The van der Waals surface area contributed by atoms with Crippen LogP contribution < -0.4 is 0 Å². The quantitative estimate of drug-likeness (QED) is 0.709. The molecule has 0 saturated heterocycles. The van der Waals surface area contributed by atoms with Gasteiger partial charge in [0.05, 0.1) is 7.11 Å². The fourth-order valence-corrected chi connectivity index (χ4v) is 1.23. The highest BCUT2D eigenvalue weighted by Crippen LogP contribution is 1.98. The van der Waals surface area contributed by atoms with Crippen LogP contribution in [0.1, 0.15) is 12.8 Å². The lowest BCUT2D eigenvalue weighted by molar-refractivity contribution is -0.140. The lowest BCUT2D eigenvalue weighted by Gasteiger charge is -2.16. The molecule has 0 radical (unpaired) electrons. The Morgan fingerprint density at radius 3 is 2.81 bits per heavy atom. The van der Waals surface area contributed by atoms with Crippen molar-refractivity contribution in [3.63, 3.8) is 0 Å². The summed E-state index contributed by atoms with van der Waals surface area (Å²) in [4.78, 5) is 27.9. The van der Waals surface area contributed by atoms with Gasteiger partial charge in [-0.3, -0.25) is 9.36 Å². The Labute approximate surface area is 93.8 Å².